The fourth-order valence-corrected chi connectivity index (χ4v) is 10.8. The Hall–Kier alpha value is -2.63. The molecule has 0 fully saturated rings. The van der Waals surface area contributed by atoms with Gasteiger partial charge in [0.2, 0.25) is 0 Å². The third-order valence-electron chi connectivity index (χ3n) is 16.3. The predicted molar refractivity (Wildman–Crippen MR) is 353 cm³/mol. The van der Waals surface area contributed by atoms with Crippen LogP contribution in [0.1, 0.15) is 393 Å². The molecule has 6 heteroatoms. The first-order valence-corrected chi connectivity index (χ1v) is 36.1. The van der Waals surface area contributed by atoms with Gasteiger partial charge >= 0.3 is 17.9 Å². The molecule has 1 atom stereocenters. The summed E-state index contributed by atoms with van der Waals surface area (Å²) in [5.74, 6) is -0.854. The lowest BCUT2D eigenvalue weighted by atomic mass is 10.1. The van der Waals surface area contributed by atoms with Crippen molar-refractivity contribution in [2.24, 2.45) is 0 Å². The van der Waals surface area contributed by atoms with Gasteiger partial charge in [0, 0.05) is 19.3 Å². The molecule has 0 rings (SSSR count). The molecule has 0 heterocycles. The molecule has 0 spiro atoms. The highest BCUT2D eigenvalue weighted by Gasteiger charge is 2.19. The van der Waals surface area contributed by atoms with E-state index in [0.717, 1.165) is 64.2 Å². The van der Waals surface area contributed by atoms with Crippen LogP contribution in [0.25, 0.3) is 0 Å². The van der Waals surface area contributed by atoms with Gasteiger partial charge in [0.1, 0.15) is 13.2 Å². The molecule has 0 amide bonds. The van der Waals surface area contributed by atoms with E-state index >= 15 is 0 Å². The van der Waals surface area contributed by atoms with Crippen LogP contribution in [0.5, 0.6) is 0 Å². The largest absolute Gasteiger partial charge is 0.462 e. The van der Waals surface area contributed by atoms with Crippen LogP contribution < -0.4 is 0 Å². The summed E-state index contributed by atoms with van der Waals surface area (Å²) in [6.07, 6.45) is 88.4. The molecular formula is C75H138O6. The molecule has 0 N–H and O–H groups in total. The van der Waals surface area contributed by atoms with Gasteiger partial charge < -0.3 is 14.2 Å². The maximum atomic E-state index is 13.0. The van der Waals surface area contributed by atoms with E-state index in [1.807, 2.05) is 0 Å². The van der Waals surface area contributed by atoms with Gasteiger partial charge in [0.05, 0.1) is 0 Å². The minimum absolute atomic E-state index is 0.0733. The van der Waals surface area contributed by atoms with E-state index in [4.69, 9.17) is 14.2 Å². The van der Waals surface area contributed by atoms with Crippen molar-refractivity contribution in [1.82, 2.24) is 0 Å². The summed E-state index contributed by atoms with van der Waals surface area (Å²) in [7, 11) is 0. The smallest absolute Gasteiger partial charge is 0.306 e. The summed E-state index contributed by atoms with van der Waals surface area (Å²) in [5, 5.41) is 0. The van der Waals surface area contributed by atoms with Gasteiger partial charge in [-0.3, -0.25) is 14.4 Å². The van der Waals surface area contributed by atoms with Crippen molar-refractivity contribution in [2.75, 3.05) is 13.2 Å². The summed E-state index contributed by atoms with van der Waals surface area (Å²) >= 11 is 0. The molecule has 1 unspecified atom stereocenters. The molecule has 0 aliphatic carbocycles. The maximum absolute atomic E-state index is 13.0. The summed E-state index contributed by atoms with van der Waals surface area (Å²) in [5.41, 5.74) is 0. The number of unbranched alkanes of at least 4 members (excludes halogenated alkanes) is 48. The number of allylic oxidation sites excluding steroid dienone is 8. The molecule has 0 radical (unpaired) electrons. The van der Waals surface area contributed by atoms with Crippen molar-refractivity contribution in [3.63, 3.8) is 0 Å². The van der Waals surface area contributed by atoms with Crippen LogP contribution >= 0.6 is 0 Å². The van der Waals surface area contributed by atoms with Crippen LogP contribution in [0.2, 0.25) is 0 Å². The quantitative estimate of drug-likeness (QED) is 0.0261. The maximum Gasteiger partial charge on any atom is 0.306 e. The van der Waals surface area contributed by atoms with Gasteiger partial charge in [-0.1, -0.05) is 320 Å². The van der Waals surface area contributed by atoms with E-state index in [0.29, 0.717) is 19.3 Å². The molecule has 474 valence electrons. The lowest BCUT2D eigenvalue weighted by molar-refractivity contribution is -0.167. The number of carbonyl (C=O) groups excluding carboxylic acids is 3. The first kappa shape index (κ1) is 78.4. The lowest BCUT2D eigenvalue weighted by Gasteiger charge is -2.18. The second-order valence-corrected chi connectivity index (χ2v) is 24.5. The van der Waals surface area contributed by atoms with Crippen molar-refractivity contribution in [2.45, 2.75) is 399 Å². The van der Waals surface area contributed by atoms with E-state index < -0.39 is 6.10 Å². The zero-order valence-electron chi connectivity index (χ0n) is 54.6. The molecule has 0 bridgehead atoms. The zero-order valence-corrected chi connectivity index (χ0v) is 54.6. The van der Waals surface area contributed by atoms with E-state index in [1.165, 1.54) is 289 Å². The number of esters is 3. The van der Waals surface area contributed by atoms with Gasteiger partial charge in [-0.15, -0.1) is 0 Å². The molecule has 0 saturated heterocycles. The van der Waals surface area contributed by atoms with Crippen molar-refractivity contribution in [3.8, 4) is 0 Å². The molecule has 0 saturated carbocycles. The van der Waals surface area contributed by atoms with Crippen molar-refractivity contribution in [3.05, 3.63) is 48.6 Å². The number of ether oxygens (including phenoxy) is 3. The van der Waals surface area contributed by atoms with Crippen LogP contribution in [-0.2, 0) is 28.6 Å². The standard InChI is InChI=1S/C75H138O6/c1-4-7-10-13-16-19-22-25-28-31-34-37-40-43-46-49-52-55-58-61-64-67-73(76)79-70-72(81-75(78)69-66-63-60-57-54-51-48-45-42-39-36-33-30-27-24-21-18-15-12-9-6-3)71-80-74(77)68-65-62-59-56-53-50-47-44-41-38-35-32-29-26-23-20-17-14-11-8-5-2/h22,25,31-36,72H,4-21,23-24,26-30,37-71H2,1-3H3/b25-22-,34-31-,35-32-,36-33-. The van der Waals surface area contributed by atoms with Crippen molar-refractivity contribution < 1.29 is 28.6 Å². The normalized spacial score (nSPS) is 12.3. The molecule has 0 aromatic rings. The van der Waals surface area contributed by atoms with Gasteiger partial charge in [-0.05, 0) is 103 Å². The summed E-state index contributed by atoms with van der Waals surface area (Å²) in [6, 6.07) is 0. The first-order valence-electron chi connectivity index (χ1n) is 36.1. The van der Waals surface area contributed by atoms with Crippen LogP contribution in [0, 0.1) is 0 Å². The minimum Gasteiger partial charge on any atom is -0.462 e. The van der Waals surface area contributed by atoms with Gasteiger partial charge in [0.25, 0.3) is 0 Å². The van der Waals surface area contributed by atoms with Crippen LogP contribution in [0.3, 0.4) is 0 Å². The summed E-state index contributed by atoms with van der Waals surface area (Å²) in [6.45, 7) is 6.69. The number of carbonyl (C=O) groups is 3. The van der Waals surface area contributed by atoms with Gasteiger partial charge in [-0.25, -0.2) is 0 Å². The molecule has 0 aliphatic heterocycles. The molecule has 6 nitrogen and oxygen atoms in total. The number of hydrogen-bond acceptors (Lipinski definition) is 6. The Morgan fingerprint density at radius 2 is 0.444 bits per heavy atom. The Morgan fingerprint density at radius 1 is 0.247 bits per heavy atom. The molecule has 0 aromatic heterocycles. The van der Waals surface area contributed by atoms with E-state index in [-0.39, 0.29) is 31.1 Å². The Morgan fingerprint density at radius 3 is 0.691 bits per heavy atom. The molecule has 81 heavy (non-hydrogen) atoms. The Labute approximate surface area is 505 Å². The molecular weight excluding hydrogens is 997 g/mol. The van der Waals surface area contributed by atoms with Crippen LogP contribution in [-0.4, -0.2) is 37.2 Å². The van der Waals surface area contributed by atoms with Crippen molar-refractivity contribution >= 4 is 17.9 Å². The van der Waals surface area contributed by atoms with Crippen molar-refractivity contribution in [1.29, 1.82) is 0 Å². The van der Waals surface area contributed by atoms with Crippen LogP contribution in [0.15, 0.2) is 48.6 Å². The zero-order chi connectivity index (χ0) is 58.5. The van der Waals surface area contributed by atoms with Gasteiger partial charge in [-0.2, -0.15) is 0 Å². The highest BCUT2D eigenvalue weighted by Crippen LogP contribution is 2.18. The molecule has 0 aromatic carbocycles. The van der Waals surface area contributed by atoms with Gasteiger partial charge in [0.15, 0.2) is 6.10 Å². The third-order valence-corrected chi connectivity index (χ3v) is 16.3. The second kappa shape index (κ2) is 69.9. The highest BCUT2D eigenvalue weighted by molar-refractivity contribution is 5.71. The summed E-state index contributed by atoms with van der Waals surface area (Å²) in [4.78, 5) is 38.5. The fourth-order valence-electron chi connectivity index (χ4n) is 10.8. The summed E-state index contributed by atoms with van der Waals surface area (Å²) < 4.78 is 17.0. The van der Waals surface area contributed by atoms with Crippen LogP contribution in [0.4, 0.5) is 0 Å². The average Bonchev–Trinajstić information content (AvgIpc) is 3.47. The number of hydrogen-bond donors (Lipinski definition) is 0. The average molecular weight is 1140 g/mol. The SMILES string of the molecule is CCCCCCC/C=C\C/C=C\CCCCCCCCCCCC(=O)OCC(COC(=O)CCCCCCCCCCC/C=C\CCCCCCCCCC)OC(=O)CCCCCCCCCCC/C=C\CCCCCCCCCC. The van der Waals surface area contributed by atoms with E-state index in [9.17, 15) is 14.4 Å². The fraction of sp³-hybridized carbons (Fsp3) is 0.853. The Kier molecular flexibility index (Phi) is 67.6. The molecule has 0 aliphatic rings. The number of rotatable bonds is 67. The predicted octanol–water partition coefficient (Wildman–Crippen LogP) is 24.9. The lowest BCUT2D eigenvalue weighted by Crippen LogP contribution is -2.30. The minimum atomic E-state index is -0.778. The first-order chi connectivity index (χ1) is 40.0. The monoisotopic (exact) mass is 1140 g/mol. The third kappa shape index (κ3) is 68.0. The topological polar surface area (TPSA) is 78.9 Å². The second-order valence-electron chi connectivity index (χ2n) is 24.5. The van der Waals surface area contributed by atoms with E-state index in [2.05, 4.69) is 69.4 Å². The Balaban J connectivity index is 4.35. The Bertz CT molecular complexity index is 1400. The van der Waals surface area contributed by atoms with E-state index in [1.54, 1.807) is 0 Å². The highest BCUT2D eigenvalue weighted by atomic mass is 16.6.